The lowest BCUT2D eigenvalue weighted by Crippen LogP contribution is -2.30. The summed E-state index contributed by atoms with van der Waals surface area (Å²) in [6.07, 6.45) is 0. The fourth-order valence-electron chi connectivity index (χ4n) is 8.18. The Bertz CT molecular complexity index is 3090. The van der Waals surface area contributed by atoms with Crippen molar-refractivity contribution in [3.05, 3.63) is 204 Å². The van der Waals surface area contributed by atoms with E-state index in [0.29, 0.717) is 33.6 Å². The zero-order valence-corrected chi connectivity index (χ0v) is 30.9. The molecule has 0 unspecified atom stereocenters. The van der Waals surface area contributed by atoms with Crippen LogP contribution in [0.1, 0.15) is 31.8 Å². The smallest absolute Gasteiger partial charge is 0.268 e. The van der Waals surface area contributed by atoms with Gasteiger partial charge >= 0.3 is 0 Å². The Labute approximate surface area is 334 Å². The number of amides is 2. The normalized spacial score (nSPS) is 12.1. The predicted molar refractivity (Wildman–Crippen MR) is 230 cm³/mol. The summed E-state index contributed by atoms with van der Waals surface area (Å²) in [4.78, 5) is 30.8. The molecule has 2 amide bonds. The van der Waals surface area contributed by atoms with Gasteiger partial charge < -0.3 is 4.57 Å². The molecule has 0 atom stereocenters. The molecule has 1 aromatic heterocycles. The lowest BCUT2D eigenvalue weighted by Gasteiger charge is -2.20. The molecular weight excluding hydrogens is 713 g/mol. The van der Waals surface area contributed by atoms with Crippen LogP contribution < -0.4 is 4.90 Å². The van der Waals surface area contributed by atoms with Crippen LogP contribution in [0, 0.1) is 22.7 Å². The van der Waals surface area contributed by atoms with Crippen molar-refractivity contribution in [2.75, 3.05) is 4.90 Å². The summed E-state index contributed by atoms with van der Waals surface area (Å²) in [6.45, 7) is 0. The third-order valence-electron chi connectivity index (χ3n) is 11.0. The number of anilines is 1. The topological polar surface area (TPSA) is 89.9 Å². The average Bonchev–Trinajstić information content (AvgIpc) is 3.75. The lowest BCUT2D eigenvalue weighted by atomic mass is 9.97. The summed E-state index contributed by atoms with van der Waals surface area (Å²) in [6, 6.07) is 63.2. The first kappa shape index (κ1) is 34.2. The van der Waals surface area contributed by atoms with E-state index in [0.717, 1.165) is 66.3 Å². The maximum absolute atomic E-state index is 15.0. The highest BCUT2D eigenvalue weighted by Gasteiger charge is 2.40. The Morgan fingerprint density at radius 3 is 1.41 bits per heavy atom. The second-order valence-electron chi connectivity index (χ2n) is 14.3. The zero-order chi connectivity index (χ0) is 39.3. The molecule has 58 heavy (non-hydrogen) atoms. The molecule has 0 saturated heterocycles. The number of hydrogen-bond acceptors (Lipinski definition) is 4. The fraction of sp³-hybridized carbons (Fsp3) is 0. The first-order chi connectivity index (χ1) is 28.5. The van der Waals surface area contributed by atoms with Crippen molar-refractivity contribution in [1.82, 2.24) is 4.57 Å². The number of imide groups is 1. The van der Waals surface area contributed by atoms with E-state index in [1.54, 1.807) is 6.07 Å². The van der Waals surface area contributed by atoms with E-state index in [4.69, 9.17) is 0 Å². The van der Waals surface area contributed by atoms with Crippen molar-refractivity contribution < 1.29 is 9.59 Å². The standard InChI is InChI=1S/C52H30N4O2/c53-31-33-14-18-36(19-15-33)40-23-26-47-44(29-40)45-30-41(37-20-16-34(32-54)17-21-37)24-27-48(45)55(47)49-13-7-12-42-50(49)52(58)56(51(42)57)46-25-22-39(35-8-3-1-4-9-35)28-43(46)38-10-5-2-6-11-38/h1-30H. The van der Waals surface area contributed by atoms with Gasteiger partial charge in [-0.3, -0.25) is 9.59 Å². The molecule has 10 rings (SSSR count). The van der Waals surface area contributed by atoms with Gasteiger partial charge in [0.05, 0.1) is 56.8 Å². The van der Waals surface area contributed by atoms with E-state index in [-0.39, 0.29) is 5.91 Å². The number of fused-ring (bicyclic) bond motifs is 4. The van der Waals surface area contributed by atoms with Crippen LogP contribution in [0.25, 0.3) is 72.0 Å². The van der Waals surface area contributed by atoms with Crippen LogP contribution in [0.5, 0.6) is 0 Å². The van der Waals surface area contributed by atoms with Gasteiger partial charge in [-0.2, -0.15) is 10.5 Å². The number of nitriles is 2. The van der Waals surface area contributed by atoms with E-state index in [1.807, 2.05) is 152 Å². The monoisotopic (exact) mass is 742 g/mol. The van der Waals surface area contributed by atoms with Crippen molar-refractivity contribution in [2.24, 2.45) is 0 Å². The Morgan fingerprint density at radius 2 is 0.862 bits per heavy atom. The highest BCUT2D eigenvalue weighted by molar-refractivity contribution is 6.36. The molecule has 270 valence electrons. The SMILES string of the molecule is N#Cc1ccc(-c2ccc3c(c2)c2cc(-c4ccc(C#N)cc4)ccc2n3-c2cccc3c2C(=O)N(c2ccc(-c4ccccc4)cc2-c2ccccc2)C3=O)cc1. The maximum atomic E-state index is 15.0. The number of rotatable bonds is 6. The predicted octanol–water partition coefficient (Wildman–Crippen LogP) is 12.0. The highest BCUT2D eigenvalue weighted by Crippen LogP contribution is 2.43. The largest absolute Gasteiger partial charge is 0.308 e. The van der Waals surface area contributed by atoms with Crippen LogP contribution in [-0.2, 0) is 0 Å². The van der Waals surface area contributed by atoms with Gasteiger partial charge in [-0.1, -0.05) is 109 Å². The molecular formula is C52H30N4O2. The molecule has 1 aliphatic rings. The van der Waals surface area contributed by atoms with E-state index in [9.17, 15) is 20.1 Å². The molecule has 9 aromatic rings. The van der Waals surface area contributed by atoms with Crippen LogP contribution >= 0.6 is 0 Å². The Morgan fingerprint density at radius 1 is 0.379 bits per heavy atom. The molecule has 6 nitrogen and oxygen atoms in total. The molecule has 6 heteroatoms. The number of hydrogen-bond donors (Lipinski definition) is 0. The van der Waals surface area contributed by atoms with Crippen molar-refractivity contribution >= 4 is 39.3 Å². The fourth-order valence-corrected chi connectivity index (χ4v) is 8.18. The molecule has 0 spiro atoms. The Balaban J connectivity index is 1.16. The molecule has 2 heterocycles. The maximum Gasteiger partial charge on any atom is 0.268 e. The van der Waals surface area contributed by atoms with Gasteiger partial charge in [0.2, 0.25) is 0 Å². The summed E-state index contributed by atoms with van der Waals surface area (Å²) in [5.41, 5.74) is 12.3. The Hall–Kier alpha value is -8.32. The van der Waals surface area contributed by atoms with Gasteiger partial charge in [-0.05, 0) is 112 Å². The quantitative estimate of drug-likeness (QED) is 0.159. The Kier molecular flexibility index (Phi) is 8.11. The van der Waals surface area contributed by atoms with Gasteiger partial charge in [0, 0.05) is 16.3 Å². The van der Waals surface area contributed by atoms with E-state index >= 15 is 0 Å². The van der Waals surface area contributed by atoms with Crippen LogP contribution in [0.2, 0.25) is 0 Å². The first-order valence-electron chi connectivity index (χ1n) is 18.9. The number of carbonyl (C=O) groups is 2. The van der Waals surface area contributed by atoms with Crippen molar-refractivity contribution in [2.45, 2.75) is 0 Å². The molecule has 0 N–H and O–H groups in total. The van der Waals surface area contributed by atoms with Crippen molar-refractivity contribution in [3.63, 3.8) is 0 Å². The van der Waals surface area contributed by atoms with Crippen LogP contribution in [0.4, 0.5) is 5.69 Å². The number of nitrogens with zero attached hydrogens (tertiary/aromatic N) is 4. The molecule has 1 aliphatic heterocycles. The highest BCUT2D eigenvalue weighted by atomic mass is 16.2. The van der Waals surface area contributed by atoms with E-state index in [1.165, 1.54) is 4.90 Å². The number of benzene rings is 8. The minimum atomic E-state index is -0.390. The molecule has 8 aromatic carbocycles. The zero-order valence-electron chi connectivity index (χ0n) is 30.9. The van der Waals surface area contributed by atoms with Gasteiger partial charge in [-0.15, -0.1) is 0 Å². The van der Waals surface area contributed by atoms with Crippen LogP contribution in [0.15, 0.2) is 182 Å². The van der Waals surface area contributed by atoms with Crippen molar-refractivity contribution in [3.8, 4) is 62.3 Å². The number of aromatic nitrogens is 1. The van der Waals surface area contributed by atoms with Gasteiger partial charge in [0.1, 0.15) is 0 Å². The van der Waals surface area contributed by atoms with Crippen LogP contribution in [-0.4, -0.2) is 16.4 Å². The lowest BCUT2D eigenvalue weighted by molar-refractivity contribution is 0.0926. The summed E-state index contributed by atoms with van der Waals surface area (Å²) >= 11 is 0. The molecule has 0 bridgehead atoms. The van der Waals surface area contributed by atoms with Crippen LogP contribution in [0.3, 0.4) is 0 Å². The third-order valence-corrected chi connectivity index (χ3v) is 11.0. The van der Waals surface area contributed by atoms with E-state index in [2.05, 4.69) is 41.0 Å². The van der Waals surface area contributed by atoms with Crippen molar-refractivity contribution in [1.29, 1.82) is 10.5 Å². The van der Waals surface area contributed by atoms with Gasteiger partial charge in [0.15, 0.2) is 0 Å². The molecule has 0 fully saturated rings. The van der Waals surface area contributed by atoms with Gasteiger partial charge in [0.25, 0.3) is 11.8 Å². The molecule has 0 radical (unpaired) electrons. The summed E-state index contributed by atoms with van der Waals surface area (Å²) < 4.78 is 2.08. The summed E-state index contributed by atoms with van der Waals surface area (Å²) in [5, 5.41) is 20.7. The van der Waals surface area contributed by atoms with E-state index < -0.39 is 5.91 Å². The minimum absolute atomic E-state index is 0.338. The average molecular weight is 743 g/mol. The molecule has 0 saturated carbocycles. The minimum Gasteiger partial charge on any atom is -0.308 e. The third kappa shape index (κ3) is 5.56. The summed E-state index contributed by atoms with van der Waals surface area (Å²) in [5.74, 6) is -0.767. The second-order valence-corrected chi connectivity index (χ2v) is 14.3. The summed E-state index contributed by atoms with van der Waals surface area (Å²) in [7, 11) is 0. The second kappa shape index (κ2) is 13.8. The molecule has 0 aliphatic carbocycles. The first-order valence-corrected chi connectivity index (χ1v) is 18.9. The van der Waals surface area contributed by atoms with Gasteiger partial charge in [-0.25, -0.2) is 4.90 Å². The number of carbonyl (C=O) groups excluding carboxylic acids is 2.